The van der Waals surface area contributed by atoms with Crippen LogP contribution in [0.15, 0.2) is 18.1 Å². The molecule has 0 aliphatic carbocycles. The first-order valence-electron chi connectivity index (χ1n) is 7.24. The minimum absolute atomic E-state index is 0.432. The third kappa shape index (κ3) is 4.65. The van der Waals surface area contributed by atoms with E-state index in [0.717, 1.165) is 19.4 Å². The van der Waals surface area contributed by atoms with Gasteiger partial charge in [0.2, 0.25) is 5.78 Å². The first-order chi connectivity index (χ1) is 11.4. The lowest BCUT2D eigenvalue weighted by atomic mass is 10.0. The number of carbonyl (C=O) groups is 2. The van der Waals surface area contributed by atoms with Crippen molar-refractivity contribution in [1.29, 1.82) is 0 Å². The highest BCUT2D eigenvalue weighted by molar-refractivity contribution is 6.11. The van der Waals surface area contributed by atoms with Gasteiger partial charge in [0.05, 0.1) is 12.8 Å². The van der Waals surface area contributed by atoms with Crippen LogP contribution in [0, 0.1) is 5.82 Å². The van der Waals surface area contributed by atoms with Gasteiger partial charge in [-0.05, 0) is 20.8 Å². The molecule has 1 heterocycles. The van der Waals surface area contributed by atoms with Crippen LogP contribution in [-0.2, 0) is 0 Å². The molecule has 0 saturated carbocycles. The number of amides is 1. The van der Waals surface area contributed by atoms with Crippen molar-refractivity contribution in [3.05, 3.63) is 29.6 Å². The van der Waals surface area contributed by atoms with E-state index >= 15 is 0 Å². The van der Waals surface area contributed by atoms with Crippen molar-refractivity contribution in [1.82, 2.24) is 9.88 Å². The van der Waals surface area contributed by atoms with Crippen molar-refractivity contribution in [3.8, 4) is 5.88 Å². The van der Waals surface area contributed by atoms with E-state index < -0.39 is 46.3 Å². The van der Waals surface area contributed by atoms with Gasteiger partial charge in [0.15, 0.2) is 11.6 Å². The second kappa shape index (κ2) is 7.45. The van der Waals surface area contributed by atoms with Crippen LogP contribution < -0.4 is 14.7 Å². The highest BCUT2D eigenvalue weighted by Crippen LogP contribution is 2.31. The number of Topliss-reactive ketones (excluding diaryl/α,β-unsaturated/α-hetero) is 1. The first kappa shape index (κ1) is 20.3. The Hall–Kier alpha value is -2.71. The maximum Gasteiger partial charge on any atom is 0.250 e. The number of rotatable bonds is 5. The molecule has 138 valence electrons. The summed E-state index contributed by atoms with van der Waals surface area (Å²) in [6.07, 6.45) is -0.797. The molecule has 0 N–H and O–H groups in total. The van der Waals surface area contributed by atoms with Crippen molar-refractivity contribution < 1.29 is 28.2 Å². The van der Waals surface area contributed by atoms with Gasteiger partial charge in [-0.25, -0.2) is 13.8 Å². The maximum atomic E-state index is 14.1. The molecule has 7 nitrogen and oxygen atoms in total. The second-order valence-corrected chi connectivity index (χ2v) is 6.39. The second-order valence-electron chi connectivity index (χ2n) is 6.39. The minimum atomic E-state index is -1.69. The predicted molar refractivity (Wildman–Crippen MR) is 85.6 cm³/mol. The molecule has 0 saturated heterocycles. The van der Waals surface area contributed by atoms with E-state index in [0.29, 0.717) is 4.90 Å². The van der Waals surface area contributed by atoms with Crippen molar-refractivity contribution in [2.75, 3.05) is 26.1 Å². The summed E-state index contributed by atoms with van der Waals surface area (Å²) in [5.74, 6) is -3.96. The van der Waals surface area contributed by atoms with Crippen LogP contribution in [0.4, 0.5) is 19.3 Å². The zero-order chi connectivity index (χ0) is 19.5. The molecule has 9 heteroatoms. The zero-order valence-corrected chi connectivity index (χ0v) is 14.9. The Balaban J connectivity index is 3.70. The molecule has 0 spiro atoms. The molecule has 0 aliphatic rings. The molecule has 0 fully saturated rings. The summed E-state index contributed by atoms with van der Waals surface area (Å²) in [7, 11) is 4.11. The Labute approximate surface area is 144 Å². The van der Waals surface area contributed by atoms with Gasteiger partial charge in [-0.1, -0.05) is 0 Å². The van der Waals surface area contributed by atoms with Crippen LogP contribution in [0.5, 0.6) is 5.88 Å². The van der Waals surface area contributed by atoms with Gasteiger partial charge in [-0.2, -0.15) is 0 Å². The lowest BCUT2D eigenvalue weighted by Gasteiger charge is -2.38. The summed E-state index contributed by atoms with van der Waals surface area (Å²) >= 11 is 0. The lowest BCUT2D eigenvalue weighted by Crippen LogP contribution is -2.52. The standard InChI is InChI=1S/C16H21F2N3O4/c1-16(2,3)21(15(23)24)11-7-9(17)14(25-6)19-12(11)13(22)10(18)8-20(4)5/h7-8H,1-6H3,(H,23,24)/p-1. The van der Waals surface area contributed by atoms with E-state index in [4.69, 9.17) is 4.74 Å². The monoisotopic (exact) mass is 356 g/mol. The lowest BCUT2D eigenvalue weighted by molar-refractivity contribution is -0.247. The smallest absolute Gasteiger partial charge is 0.250 e. The molecule has 1 amide bonds. The number of aromatic nitrogens is 1. The number of hydrogen-bond donors (Lipinski definition) is 0. The van der Waals surface area contributed by atoms with E-state index in [1.165, 1.54) is 39.8 Å². The van der Waals surface area contributed by atoms with Gasteiger partial charge >= 0.3 is 0 Å². The highest BCUT2D eigenvalue weighted by Gasteiger charge is 2.31. The number of nitrogens with zero attached hydrogens (tertiary/aromatic N) is 3. The quantitative estimate of drug-likeness (QED) is 0.590. The van der Waals surface area contributed by atoms with E-state index in [-0.39, 0.29) is 0 Å². The highest BCUT2D eigenvalue weighted by atomic mass is 19.1. The first-order valence-corrected chi connectivity index (χ1v) is 7.24. The molecule has 25 heavy (non-hydrogen) atoms. The Bertz CT molecular complexity index is 712. The summed E-state index contributed by atoms with van der Waals surface area (Å²) in [5, 5.41) is 11.5. The summed E-state index contributed by atoms with van der Waals surface area (Å²) in [5.41, 5.74) is -2.13. The van der Waals surface area contributed by atoms with Gasteiger partial charge in [-0.3, -0.25) is 4.79 Å². The fourth-order valence-corrected chi connectivity index (χ4v) is 2.08. The van der Waals surface area contributed by atoms with Crippen LogP contribution in [0.25, 0.3) is 0 Å². The van der Waals surface area contributed by atoms with Crippen LogP contribution in [0.3, 0.4) is 0 Å². The average Bonchev–Trinajstić information content (AvgIpc) is 2.44. The molecule has 0 radical (unpaired) electrons. The molecular weight excluding hydrogens is 336 g/mol. The number of halogens is 2. The minimum Gasteiger partial charge on any atom is -0.530 e. The number of anilines is 1. The molecule has 0 atom stereocenters. The molecule has 0 unspecified atom stereocenters. The number of hydrogen-bond acceptors (Lipinski definition) is 6. The van der Waals surface area contributed by atoms with Crippen molar-refractivity contribution in [2.24, 2.45) is 0 Å². The molecular formula is C16H20F2N3O4-. The van der Waals surface area contributed by atoms with Crippen LogP contribution in [0.2, 0.25) is 0 Å². The average molecular weight is 356 g/mol. The normalized spacial score (nSPS) is 11.9. The fraction of sp³-hybridized carbons (Fsp3) is 0.438. The molecule has 1 rings (SSSR count). The van der Waals surface area contributed by atoms with Crippen LogP contribution >= 0.6 is 0 Å². The Morgan fingerprint density at radius 3 is 2.28 bits per heavy atom. The Morgan fingerprint density at radius 1 is 1.32 bits per heavy atom. The number of carbonyl (C=O) groups excluding carboxylic acids is 2. The Morgan fingerprint density at radius 2 is 1.88 bits per heavy atom. The SMILES string of the molecule is COc1nc(C(=O)C(F)=CN(C)C)c(N(C(=O)[O-])C(C)(C)C)cc1F. The van der Waals surface area contributed by atoms with E-state index in [1.807, 2.05) is 0 Å². The molecule has 1 aromatic heterocycles. The van der Waals surface area contributed by atoms with Gasteiger partial charge in [0, 0.05) is 31.9 Å². The molecule has 0 aromatic carbocycles. The summed E-state index contributed by atoms with van der Waals surface area (Å²) in [4.78, 5) is 29.5. The number of pyridine rings is 1. The predicted octanol–water partition coefficient (Wildman–Crippen LogP) is 1.73. The van der Waals surface area contributed by atoms with Gasteiger partial charge < -0.3 is 24.4 Å². The maximum absolute atomic E-state index is 14.1. The molecule has 0 bridgehead atoms. The van der Waals surface area contributed by atoms with Gasteiger partial charge in [0.1, 0.15) is 11.8 Å². The van der Waals surface area contributed by atoms with Crippen LogP contribution in [0.1, 0.15) is 31.3 Å². The number of ether oxygens (including phenoxy) is 1. The number of methoxy groups -OCH3 is 1. The number of ketones is 1. The van der Waals surface area contributed by atoms with Crippen molar-refractivity contribution in [3.63, 3.8) is 0 Å². The summed E-state index contributed by atoms with van der Waals surface area (Å²) < 4.78 is 32.9. The van der Waals surface area contributed by atoms with E-state index in [9.17, 15) is 23.5 Å². The third-order valence-corrected chi connectivity index (χ3v) is 3.01. The van der Waals surface area contributed by atoms with Gasteiger partial charge in [0.25, 0.3) is 5.88 Å². The van der Waals surface area contributed by atoms with Crippen molar-refractivity contribution >= 4 is 17.6 Å². The number of allylic oxidation sites excluding steroid dienone is 1. The topological polar surface area (TPSA) is 85.8 Å². The summed E-state index contributed by atoms with van der Waals surface area (Å²) in [6.45, 7) is 4.52. The molecule has 1 aromatic rings. The fourth-order valence-electron chi connectivity index (χ4n) is 2.08. The zero-order valence-electron chi connectivity index (χ0n) is 14.9. The summed E-state index contributed by atoms with van der Waals surface area (Å²) in [6, 6.07) is 0.753. The van der Waals surface area contributed by atoms with E-state index in [1.54, 1.807) is 0 Å². The van der Waals surface area contributed by atoms with Gasteiger partial charge in [-0.15, -0.1) is 0 Å². The van der Waals surface area contributed by atoms with E-state index in [2.05, 4.69) is 4.98 Å². The largest absolute Gasteiger partial charge is 0.530 e. The van der Waals surface area contributed by atoms with Crippen molar-refractivity contribution in [2.45, 2.75) is 26.3 Å². The number of carboxylic acid groups (broad SMARTS) is 1. The third-order valence-electron chi connectivity index (χ3n) is 3.01. The molecule has 0 aliphatic heterocycles. The van der Waals surface area contributed by atoms with Crippen LogP contribution in [-0.4, -0.2) is 48.5 Å². The Kier molecular flexibility index (Phi) is 6.06.